The number of carboxylic acid groups (broad SMARTS) is 1. The lowest BCUT2D eigenvalue weighted by molar-refractivity contribution is 0.0685. The number of hydrogen-bond donors (Lipinski definition) is 2. The predicted molar refractivity (Wildman–Crippen MR) is 62.0 cm³/mol. The maximum Gasteiger partial charge on any atom is 0.358 e. The standard InChI is InChI=1S/C10H14N2O5S/c1-10(2-3-18(15,16)6-10)11-5-7-4-8(9(13)14)12-17-7/h4,11H,2-3,5-6H2,1H3,(H,13,14). The Hall–Kier alpha value is -1.41. The van der Waals surface area contributed by atoms with Crippen LogP contribution in [0.25, 0.3) is 0 Å². The van der Waals surface area contributed by atoms with E-state index < -0.39 is 21.3 Å². The minimum Gasteiger partial charge on any atom is -0.476 e. The quantitative estimate of drug-likeness (QED) is 0.797. The molecule has 1 saturated heterocycles. The largest absolute Gasteiger partial charge is 0.476 e. The molecule has 1 atom stereocenters. The average molecular weight is 274 g/mol. The van der Waals surface area contributed by atoms with Gasteiger partial charge in [-0.3, -0.25) is 0 Å². The van der Waals surface area contributed by atoms with Gasteiger partial charge in [0.05, 0.1) is 18.1 Å². The molecule has 2 heterocycles. The third kappa shape index (κ3) is 2.88. The van der Waals surface area contributed by atoms with Gasteiger partial charge in [-0.2, -0.15) is 0 Å². The lowest BCUT2D eigenvalue weighted by Gasteiger charge is -2.22. The van der Waals surface area contributed by atoms with Crippen molar-refractivity contribution in [2.24, 2.45) is 0 Å². The molecule has 7 nitrogen and oxygen atoms in total. The lowest BCUT2D eigenvalue weighted by atomic mass is 10.0. The molecule has 0 bridgehead atoms. The molecule has 0 aliphatic carbocycles. The zero-order chi connectivity index (χ0) is 13.4. The summed E-state index contributed by atoms with van der Waals surface area (Å²) in [5.41, 5.74) is -0.648. The number of carboxylic acids is 1. The van der Waals surface area contributed by atoms with Gasteiger partial charge in [0.1, 0.15) is 0 Å². The van der Waals surface area contributed by atoms with Gasteiger partial charge < -0.3 is 14.9 Å². The Labute approximate surface area is 104 Å². The zero-order valence-corrected chi connectivity index (χ0v) is 10.7. The maximum atomic E-state index is 11.4. The van der Waals surface area contributed by atoms with Crippen LogP contribution in [0.4, 0.5) is 0 Å². The van der Waals surface area contributed by atoms with Crippen LogP contribution in [0.5, 0.6) is 0 Å². The van der Waals surface area contributed by atoms with Crippen LogP contribution < -0.4 is 5.32 Å². The molecule has 8 heteroatoms. The van der Waals surface area contributed by atoms with Gasteiger partial charge in [-0.1, -0.05) is 5.16 Å². The molecule has 1 fully saturated rings. The van der Waals surface area contributed by atoms with Gasteiger partial charge in [0.15, 0.2) is 21.3 Å². The maximum absolute atomic E-state index is 11.4. The molecule has 2 N–H and O–H groups in total. The fourth-order valence-electron chi connectivity index (χ4n) is 1.95. The van der Waals surface area contributed by atoms with E-state index in [4.69, 9.17) is 9.63 Å². The highest BCUT2D eigenvalue weighted by Gasteiger charge is 2.38. The van der Waals surface area contributed by atoms with E-state index >= 15 is 0 Å². The first-order chi connectivity index (χ1) is 8.30. The fraction of sp³-hybridized carbons (Fsp3) is 0.600. The summed E-state index contributed by atoms with van der Waals surface area (Å²) in [6.45, 7) is 2.08. The van der Waals surface area contributed by atoms with Gasteiger partial charge in [0.25, 0.3) is 0 Å². The second-order valence-corrected chi connectivity index (χ2v) is 6.92. The smallest absolute Gasteiger partial charge is 0.358 e. The number of nitrogens with one attached hydrogen (secondary N) is 1. The van der Waals surface area contributed by atoms with Gasteiger partial charge in [-0.25, -0.2) is 13.2 Å². The van der Waals surface area contributed by atoms with E-state index in [-0.39, 0.29) is 23.7 Å². The van der Waals surface area contributed by atoms with Gasteiger partial charge in [0, 0.05) is 11.6 Å². The molecule has 1 aromatic heterocycles. The normalized spacial score (nSPS) is 26.3. The Kier molecular flexibility index (Phi) is 3.16. The van der Waals surface area contributed by atoms with Crippen LogP contribution in [0, 0.1) is 0 Å². The molecule has 100 valence electrons. The van der Waals surface area contributed by atoms with Crippen molar-refractivity contribution in [1.29, 1.82) is 0 Å². The third-order valence-corrected chi connectivity index (χ3v) is 4.87. The van der Waals surface area contributed by atoms with Crippen LogP contribution in [0.15, 0.2) is 10.6 Å². The van der Waals surface area contributed by atoms with E-state index in [0.29, 0.717) is 12.2 Å². The summed E-state index contributed by atoms with van der Waals surface area (Å²) >= 11 is 0. The first-order valence-corrected chi connectivity index (χ1v) is 7.26. The predicted octanol–water partition coefficient (Wildman–Crippen LogP) is 0.0396. The van der Waals surface area contributed by atoms with E-state index in [1.54, 1.807) is 0 Å². The lowest BCUT2D eigenvalue weighted by Crippen LogP contribution is -2.42. The summed E-state index contributed by atoms with van der Waals surface area (Å²) in [5, 5.41) is 15.1. The molecule has 18 heavy (non-hydrogen) atoms. The molecule has 1 aromatic rings. The van der Waals surface area contributed by atoms with Crippen LogP contribution in [0.2, 0.25) is 0 Å². The van der Waals surface area contributed by atoms with E-state index in [9.17, 15) is 13.2 Å². The van der Waals surface area contributed by atoms with Crippen LogP contribution >= 0.6 is 0 Å². The molecule has 0 spiro atoms. The number of sulfone groups is 1. The fourth-order valence-corrected chi connectivity index (χ4v) is 4.07. The van der Waals surface area contributed by atoms with Crippen molar-refractivity contribution >= 4 is 15.8 Å². The number of aromatic nitrogens is 1. The van der Waals surface area contributed by atoms with E-state index in [2.05, 4.69) is 10.5 Å². The Bertz CT molecular complexity index is 565. The van der Waals surface area contributed by atoms with E-state index in [0.717, 1.165) is 0 Å². The van der Waals surface area contributed by atoms with Crippen LogP contribution in [0.1, 0.15) is 29.6 Å². The molecular weight excluding hydrogens is 260 g/mol. The van der Waals surface area contributed by atoms with Crippen LogP contribution in [-0.4, -0.2) is 41.7 Å². The van der Waals surface area contributed by atoms with Crippen molar-refractivity contribution in [3.8, 4) is 0 Å². The van der Waals surface area contributed by atoms with Crippen molar-refractivity contribution < 1.29 is 22.8 Å². The second-order valence-electron chi connectivity index (χ2n) is 4.74. The average Bonchev–Trinajstić information content (AvgIpc) is 2.81. The Morgan fingerprint density at radius 3 is 2.89 bits per heavy atom. The number of aromatic carboxylic acids is 1. The van der Waals surface area contributed by atoms with E-state index in [1.165, 1.54) is 6.07 Å². The molecule has 1 aliphatic rings. The molecule has 0 aromatic carbocycles. The first-order valence-electron chi connectivity index (χ1n) is 5.44. The number of nitrogens with zero attached hydrogens (tertiary/aromatic N) is 1. The third-order valence-electron chi connectivity index (χ3n) is 2.97. The van der Waals surface area contributed by atoms with Gasteiger partial charge in [-0.05, 0) is 13.3 Å². The molecule has 2 rings (SSSR count). The highest BCUT2D eigenvalue weighted by Crippen LogP contribution is 2.23. The van der Waals surface area contributed by atoms with Crippen molar-refractivity contribution in [3.05, 3.63) is 17.5 Å². The number of rotatable bonds is 4. The molecule has 0 radical (unpaired) electrons. The topological polar surface area (TPSA) is 110 Å². The second kappa shape index (κ2) is 4.36. The minimum atomic E-state index is -2.97. The molecule has 0 amide bonds. The Morgan fingerprint density at radius 2 is 2.39 bits per heavy atom. The molecule has 0 saturated carbocycles. The summed E-state index contributed by atoms with van der Waals surface area (Å²) < 4.78 is 27.6. The van der Waals surface area contributed by atoms with Gasteiger partial charge in [0.2, 0.25) is 0 Å². The summed E-state index contributed by atoms with van der Waals surface area (Å²) in [4.78, 5) is 10.6. The monoisotopic (exact) mass is 274 g/mol. The van der Waals surface area contributed by atoms with Crippen molar-refractivity contribution in [2.45, 2.75) is 25.4 Å². The van der Waals surface area contributed by atoms with Crippen molar-refractivity contribution in [2.75, 3.05) is 11.5 Å². The number of carbonyl (C=O) groups is 1. The Balaban J connectivity index is 1.97. The molecular formula is C10H14N2O5S. The number of hydrogen-bond acceptors (Lipinski definition) is 6. The summed E-state index contributed by atoms with van der Waals surface area (Å²) in [7, 11) is -2.97. The molecule has 1 aliphatic heterocycles. The zero-order valence-electron chi connectivity index (χ0n) is 9.84. The van der Waals surface area contributed by atoms with Gasteiger partial charge >= 0.3 is 5.97 Å². The summed E-state index contributed by atoms with van der Waals surface area (Å²) in [5.74, 6) is -0.523. The van der Waals surface area contributed by atoms with Crippen molar-refractivity contribution in [3.63, 3.8) is 0 Å². The minimum absolute atomic E-state index is 0.0833. The summed E-state index contributed by atoms with van der Waals surface area (Å²) in [6.07, 6.45) is 0.537. The SMILES string of the molecule is CC1(NCc2cc(C(=O)O)no2)CCS(=O)(=O)C1. The highest BCUT2D eigenvalue weighted by molar-refractivity contribution is 7.91. The van der Waals surface area contributed by atoms with E-state index in [1.807, 2.05) is 6.92 Å². The summed E-state index contributed by atoms with van der Waals surface area (Å²) in [6, 6.07) is 1.32. The van der Waals surface area contributed by atoms with Gasteiger partial charge in [-0.15, -0.1) is 0 Å². The Morgan fingerprint density at radius 1 is 1.67 bits per heavy atom. The molecule has 1 unspecified atom stereocenters. The highest BCUT2D eigenvalue weighted by atomic mass is 32.2. The van der Waals surface area contributed by atoms with Crippen LogP contribution in [0.3, 0.4) is 0 Å². The van der Waals surface area contributed by atoms with Crippen LogP contribution in [-0.2, 0) is 16.4 Å². The first kappa shape index (κ1) is 13.0. The van der Waals surface area contributed by atoms with Crippen molar-refractivity contribution in [1.82, 2.24) is 10.5 Å².